The van der Waals surface area contributed by atoms with E-state index in [4.69, 9.17) is 14.6 Å². The molecule has 1 unspecified atom stereocenters. The van der Waals surface area contributed by atoms with Gasteiger partial charge in [-0.05, 0) is 43.2 Å². The maximum atomic E-state index is 13.0. The van der Waals surface area contributed by atoms with Crippen LogP contribution in [0.4, 0.5) is 16.3 Å². The number of hydrogen-bond acceptors (Lipinski definition) is 10. The van der Waals surface area contributed by atoms with Crippen LogP contribution in [-0.2, 0) is 36.4 Å². The first-order chi connectivity index (χ1) is 18.6. The topological polar surface area (TPSA) is 165 Å². The van der Waals surface area contributed by atoms with Gasteiger partial charge in [0.25, 0.3) is 0 Å². The third-order valence-corrected chi connectivity index (χ3v) is 9.65. The molecule has 1 aromatic carbocycles. The monoisotopic (exact) mass is 577 g/mol. The summed E-state index contributed by atoms with van der Waals surface area (Å²) in [4.78, 5) is 14.6. The van der Waals surface area contributed by atoms with Crippen LogP contribution >= 0.6 is 0 Å². The summed E-state index contributed by atoms with van der Waals surface area (Å²) in [5.74, 6) is 0.321. The number of carbonyl (C=O) groups excluding carboxylic acids is 1. The first-order valence-electron chi connectivity index (χ1n) is 12.2. The Balaban J connectivity index is 1.62. The van der Waals surface area contributed by atoms with Crippen LogP contribution in [0, 0.1) is 11.3 Å². The molecule has 3 heterocycles. The van der Waals surface area contributed by atoms with E-state index in [0.717, 1.165) is 4.31 Å². The standard InChI is InChI=1S/C24H31N7O6S2/c1-29(2)39(34,35)19-6-4-18(5-7-19)27-22-21-20(8-13-26-38(21)33)31(28-22)24(9-12-25)10-14-30(15-11-24)23(32)37-17-16-36-3/h4-8,13,26H,9-11,14-17H2,1-3H3,(H,27,28). The number of rotatable bonds is 9. The molecule has 1 aromatic heterocycles. The van der Waals surface area contributed by atoms with Gasteiger partial charge in [0.05, 0.1) is 29.5 Å². The number of benzene rings is 1. The number of aromatic nitrogens is 2. The predicted octanol–water partition coefficient (Wildman–Crippen LogP) is 1.96. The Morgan fingerprint density at radius 2 is 1.97 bits per heavy atom. The zero-order valence-corrected chi connectivity index (χ0v) is 23.5. The summed E-state index contributed by atoms with van der Waals surface area (Å²) in [5, 5.41) is 17.7. The minimum atomic E-state index is -3.59. The lowest BCUT2D eigenvalue weighted by atomic mass is 9.84. The molecule has 0 radical (unpaired) electrons. The number of hydrogen-bond donors (Lipinski definition) is 2. The van der Waals surface area contributed by atoms with Crippen LogP contribution < -0.4 is 10.0 Å². The van der Waals surface area contributed by atoms with Crippen molar-refractivity contribution in [2.24, 2.45) is 0 Å². The molecule has 2 aliphatic rings. The number of amides is 1. The highest BCUT2D eigenvalue weighted by Gasteiger charge is 2.43. The lowest BCUT2D eigenvalue weighted by Crippen LogP contribution is -2.49. The van der Waals surface area contributed by atoms with E-state index in [9.17, 15) is 23.0 Å². The minimum Gasteiger partial charge on any atom is -0.588 e. The SMILES string of the molecule is COCCOC(=O)N1CCC(CC#N)(n2nc(Nc3ccc(S(=O)(=O)N(C)C)cc3)c3c2C=CN[S+]3[O-])CC1. The van der Waals surface area contributed by atoms with Gasteiger partial charge in [-0.15, -0.1) is 5.10 Å². The van der Waals surface area contributed by atoms with E-state index in [0.29, 0.717) is 54.6 Å². The second-order valence-electron chi connectivity index (χ2n) is 9.28. The maximum Gasteiger partial charge on any atom is 0.409 e. The molecular weight excluding hydrogens is 546 g/mol. The van der Waals surface area contributed by atoms with Gasteiger partial charge in [0.15, 0.2) is 0 Å². The molecule has 4 rings (SSSR count). The van der Waals surface area contributed by atoms with Gasteiger partial charge in [0.1, 0.15) is 23.7 Å². The van der Waals surface area contributed by atoms with Crippen molar-refractivity contribution in [2.75, 3.05) is 52.8 Å². The van der Waals surface area contributed by atoms with Gasteiger partial charge in [-0.3, -0.25) is 4.68 Å². The van der Waals surface area contributed by atoms with Crippen molar-refractivity contribution in [3.05, 3.63) is 36.2 Å². The molecule has 13 nitrogen and oxygen atoms in total. The van der Waals surface area contributed by atoms with Gasteiger partial charge in [-0.25, -0.2) is 22.2 Å². The number of piperidine rings is 1. The van der Waals surface area contributed by atoms with Crippen molar-refractivity contribution >= 4 is 45.1 Å². The van der Waals surface area contributed by atoms with Crippen LogP contribution in [0.25, 0.3) is 6.08 Å². The van der Waals surface area contributed by atoms with Crippen LogP contribution in [-0.4, -0.2) is 85.6 Å². The Morgan fingerprint density at radius 3 is 2.59 bits per heavy atom. The average molecular weight is 578 g/mol. The molecule has 0 aliphatic carbocycles. The summed E-state index contributed by atoms with van der Waals surface area (Å²) < 4.78 is 53.6. The third kappa shape index (κ3) is 5.85. The predicted molar refractivity (Wildman–Crippen MR) is 144 cm³/mol. The fourth-order valence-electron chi connectivity index (χ4n) is 4.50. The number of ether oxygens (including phenoxy) is 2. The lowest BCUT2D eigenvalue weighted by Gasteiger charge is -2.40. The molecule has 0 spiro atoms. The normalized spacial score (nSPS) is 18.3. The summed E-state index contributed by atoms with van der Waals surface area (Å²) in [5.41, 5.74) is 0.403. The molecular formula is C24H31N7O6S2. The van der Waals surface area contributed by atoms with Crippen LogP contribution in [0.3, 0.4) is 0 Å². The number of likely N-dealkylation sites (tertiary alicyclic amines) is 1. The number of nitrogens with zero attached hydrogens (tertiary/aromatic N) is 5. The molecule has 210 valence electrons. The van der Waals surface area contributed by atoms with E-state index in [-0.39, 0.29) is 17.9 Å². The van der Waals surface area contributed by atoms with Gasteiger partial charge in [0.2, 0.25) is 20.7 Å². The van der Waals surface area contributed by atoms with Crippen LogP contribution in [0.5, 0.6) is 0 Å². The number of nitriles is 1. The van der Waals surface area contributed by atoms with Crippen LogP contribution in [0.2, 0.25) is 0 Å². The summed E-state index contributed by atoms with van der Waals surface area (Å²) in [6.07, 6.45) is 3.91. The number of sulfonamides is 1. The highest BCUT2D eigenvalue weighted by molar-refractivity contribution is 7.90. The van der Waals surface area contributed by atoms with Crippen LogP contribution in [0.1, 0.15) is 25.0 Å². The fourth-order valence-corrected chi connectivity index (χ4v) is 6.32. The Bertz CT molecular complexity index is 1360. The summed E-state index contributed by atoms with van der Waals surface area (Å²) in [7, 11) is 0.862. The van der Waals surface area contributed by atoms with E-state index in [1.165, 1.54) is 33.3 Å². The number of methoxy groups -OCH3 is 1. The van der Waals surface area contributed by atoms with Crippen LogP contribution in [0.15, 0.2) is 40.3 Å². The van der Waals surface area contributed by atoms with Crippen molar-refractivity contribution in [3.63, 3.8) is 0 Å². The van der Waals surface area contributed by atoms with Gasteiger partial charge < -0.3 is 24.2 Å². The molecule has 1 amide bonds. The second-order valence-corrected chi connectivity index (χ2v) is 12.6. The molecule has 0 bridgehead atoms. The number of fused-ring (bicyclic) bond motifs is 1. The number of carbonyl (C=O) groups is 1. The van der Waals surface area contributed by atoms with E-state index >= 15 is 0 Å². The highest BCUT2D eigenvalue weighted by Crippen LogP contribution is 2.40. The lowest BCUT2D eigenvalue weighted by molar-refractivity contribution is 0.0491. The smallest absolute Gasteiger partial charge is 0.409 e. The Morgan fingerprint density at radius 1 is 1.28 bits per heavy atom. The molecule has 1 atom stereocenters. The van der Waals surface area contributed by atoms with Crippen molar-refractivity contribution in [2.45, 2.75) is 34.6 Å². The molecule has 39 heavy (non-hydrogen) atoms. The summed E-state index contributed by atoms with van der Waals surface area (Å²) in [6.45, 7) is 1.18. The largest absolute Gasteiger partial charge is 0.588 e. The van der Waals surface area contributed by atoms with Crippen molar-refractivity contribution in [1.82, 2.24) is 23.7 Å². The van der Waals surface area contributed by atoms with E-state index in [1.807, 2.05) is 0 Å². The Labute approximate surface area is 230 Å². The van der Waals surface area contributed by atoms with Gasteiger partial charge in [-0.1, -0.05) is 0 Å². The van der Waals surface area contributed by atoms with E-state index < -0.39 is 33.0 Å². The Kier molecular flexibility index (Phi) is 8.72. The zero-order chi connectivity index (χ0) is 28.2. The highest BCUT2D eigenvalue weighted by atomic mass is 32.2. The number of anilines is 2. The van der Waals surface area contributed by atoms with E-state index in [2.05, 4.69) is 16.1 Å². The molecule has 2 aliphatic heterocycles. The maximum absolute atomic E-state index is 13.0. The number of nitrogens with one attached hydrogen (secondary N) is 2. The van der Waals surface area contributed by atoms with Gasteiger partial charge in [0, 0.05) is 46.2 Å². The first kappa shape index (κ1) is 28.7. The minimum absolute atomic E-state index is 0.137. The summed E-state index contributed by atoms with van der Waals surface area (Å²) >= 11 is -1.61. The zero-order valence-electron chi connectivity index (χ0n) is 21.9. The van der Waals surface area contributed by atoms with Crippen molar-refractivity contribution in [1.29, 1.82) is 5.26 Å². The molecule has 2 N–H and O–H groups in total. The Hall–Kier alpha value is -3.29. The molecule has 1 fully saturated rings. The van der Waals surface area contributed by atoms with Crippen molar-refractivity contribution < 1.29 is 27.2 Å². The fraction of sp³-hybridized carbons (Fsp3) is 0.458. The molecule has 15 heteroatoms. The molecule has 0 saturated carbocycles. The quantitative estimate of drug-likeness (QED) is 0.332. The first-order valence-corrected chi connectivity index (χ1v) is 14.8. The van der Waals surface area contributed by atoms with E-state index in [1.54, 1.807) is 34.0 Å². The third-order valence-electron chi connectivity index (χ3n) is 6.70. The van der Waals surface area contributed by atoms with Gasteiger partial charge in [-0.2, -0.15) is 5.26 Å². The summed E-state index contributed by atoms with van der Waals surface area (Å²) in [6, 6.07) is 8.44. The van der Waals surface area contributed by atoms with Crippen molar-refractivity contribution in [3.8, 4) is 6.07 Å². The average Bonchev–Trinajstić information content (AvgIpc) is 3.29. The van der Waals surface area contributed by atoms with Gasteiger partial charge >= 0.3 is 6.09 Å². The second kappa shape index (κ2) is 11.8. The molecule has 1 saturated heterocycles. The molecule has 2 aromatic rings.